The molecule has 0 aliphatic carbocycles. The molecule has 0 bridgehead atoms. The van der Waals surface area contributed by atoms with Crippen LogP contribution in [-0.4, -0.2) is 20.8 Å². The van der Waals surface area contributed by atoms with Gasteiger partial charge in [-0.25, -0.2) is 9.07 Å². The second-order valence-corrected chi connectivity index (χ2v) is 4.15. The van der Waals surface area contributed by atoms with Crippen LogP contribution in [0.1, 0.15) is 16.1 Å². The highest BCUT2D eigenvalue weighted by Gasteiger charge is 2.14. The third-order valence-corrected chi connectivity index (χ3v) is 2.53. The first-order valence-electron chi connectivity index (χ1n) is 4.43. The van der Waals surface area contributed by atoms with Crippen LogP contribution in [0.3, 0.4) is 0 Å². The van der Waals surface area contributed by atoms with Gasteiger partial charge in [-0.05, 0) is 18.2 Å². The van der Waals surface area contributed by atoms with Crippen molar-refractivity contribution < 1.29 is 9.18 Å². The van der Waals surface area contributed by atoms with Gasteiger partial charge in [0.15, 0.2) is 0 Å². The molecule has 0 unspecified atom stereocenters. The predicted octanol–water partition coefficient (Wildman–Crippen LogP) is 1.95. The number of carbonyl (C=O) groups is 1. The summed E-state index contributed by atoms with van der Waals surface area (Å²) in [5.74, 6) is -0.777. The van der Waals surface area contributed by atoms with Crippen LogP contribution < -0.4 is 0 Å². The van der Waals surface area contributed by atoms with E-state index in [1.165, 1.54) is 23.0 Å². The standard InChI is InChI=1S/C10H7BrFN3O/c1-15-9(5-13-14-15)10(16)6-2-7(11)4-8(12)3-6/h2-5H,1H3. The summed E-state index contributed by atoms with van der Waals surface area (Å²) in [7, 11) is 1.61. The van der Waals surface area contributed by atoms with E-state index in [2.05, 4.69) is 26.2 Å². The van der Waals surface area contributed by atoms with Gasteiger partial charge in [-0.2, -0.15) is 0 Å². The monoisotopic (exact) mass is 283 g/mol. The number of aromatic nitrogens is 3. The van der Waals surface area contributed by atoms with Crippen LogP contribution in [-0.2, 0) is 7.05 Å². The van der Waals surface area contributed by atoms with Gasteiger partial charge in [0.25, 0.3) is 0 Å². The van der Waals surface area contributed by atoms with Crippen molar-refractivity contribution in [2.45, 2.75) is 0 Å². The van der Waals surface area contributed by atoms with Crippen LogP contribution >= 0.6 is 15.9 Å². The Labute approximate surface area is 99.2 Å². The van der Waals surface area contributed by atoms with Gasteiger partial charge in [0.2, 0.25) is 5.78 Å². The Hall–Kier alpha value is -1.56. The van der Waals surface area contributed by atoms with Gasteiger partial charge in [0.05, 0.1) is 6.20 Å². The molecule has 82 valence electrons. The van der Waals surface area contributed by atoms with Crippen LogP contribution in [0.2, 0.25) is 0 Å². The van der Waals surface area contributed by atoms with E-state index in [1.807, 2.05) is 0 Å². The number of carbonyl (C=O) groups excluding carboxylic acids is 1. The Morgan fingerprint density at radius 2 is 2.19 bits per heavy atom. The average molecular weight is 284 g/mol. The van der Waals surface area contributed by atoms with Crippen molar-refractivity contribution in [3.05, 3.63) is 45.9 Å². The predicted molar refractivity (Wildman–Crippen MR) is 58.5 cm³/mol. The van der Waals surface area contributed by atoms with E-state index in [-0.39, 0.29) is 11.3 Å². The largest absolute Gasteiger partial charge is 0.287 e. The van der Waals surface area contributed by atoms with Crippen LogP contribution in [0.5, 0.6) is 0 Å². The van der Waals surface area contributed by atoms with Crippen molar-refractivity contribution in [1.29, 1.82) is 0 Å². The molecule has 1 heterocycles. The van der Waals surface area contributed by atoms with Crippen molar-refractivity contribution >= 4 is 21.7 Å². The molecule has 0 amide bonds. The zero-order valence-corrected chi connectivity index (χ0v) is 9.90. The summed E-state index contributed by atoms with van der Waals surface area (Å²) >= 11 is 3.13. The topological polar surface area (TPSA) is 47.8 Å². The molecule has 6 heteroatoms. The molecule has 16 heavy (non-hydrogen) atoms. The summed E-state index contributed by atoms with van der Waals surface area (Å²) < 4.78 is 15.0. The summed E-state index contributed by atoms with van der Waals surface area (Å²) in [5.41, 5.74) is 0.578. The quantitative estimate of drug-likeness (QED) is 0.792. The van der Waals surface area contributed by atoms with E-state index >= 15 is 0 Å². The molecule has 1 aromatic heterocycles. The number of rotatable bonds is 2. The van der Waals surface area contributed by atoms with Gasteiger partial charge in [-0.15, -0.1) is 5.10 Å². The highest BCUT2D eigenvalue weighted by Crippen LogP contribution is 2.17. The highest BCUT2D eigenvalue weighted by atomic mass is 79.9. The minimum absolute atomic E-state index is 0.261. The Balaban J connectivity index is 2.45. The van der Waals surface area contributed by atoms with Crippen molar-refractivity contribution in [2.24, 2.45) is 7.05 Å². The molecule has 1 aromatic carbocycles. The maximum absolute atomic E-state index is 13.1. The van der Waals surface area contributed by atoms with Crippen LogP contribution in [0.25, 0.3) is 0 Å². The lowest BCUT2D eigenvalue weighted by Gasteiger charge is -2.01. The minimum atomic E-state index is -0.465. The van der Waals surface area contributed by atoms with E-state index < -0.39 is 5.82 Å². The summed E-state index contributed by atoms with van der Waals surface area (Å²) in [6.07, 6.45) is 1.35. The molecule has 0 spiro atoms. The smallest absolute Gasteiger partial charge is 0.212 e. The van der Waals surface area contributed by atoms with Crippen LogP contribution in [0, 0.1) is 5.82 Å². The first-order valence-corrected chi connectivity index (χ1v) is 5.22. The molecule has 2 rings (SSSR count). The number of benzene rings is 1. The molecule has 0 saturated heterocycles. The van der Waals surface area contributed by atoms with Gasteiger partial charge < -0.3 is 0 Å². The Kier molecular flexibility index (Phi) is 2.82. The van der Waals surface area contributed by atoms with Gasteiger partial charge >= 0.3 is 0 Å². The van der Waals surface area contributed by atoms with Crippen LogP contribution in [0.4, 0.5) is 4.39 Å². The maximum Gasteiger partial charge on any atom is 0.212 e. The molecule has 0 N–H and O–H groups in total. The molecule has 4 nitrogen and oxygen atoms in total. The van der Waals surface area contributed by atoms with E-state index in [4.69, 9.17) is 0 Å². The Morgan fingerprint density at radius 3 is 2.75 bits per heavy atom. The third kappa shape index (κ3) is 2.01. The second-order valence-electron chi connectivity index (χ2n) is 3.23. The van der Waals surface area contributed by atoms with E-state index in [0.29, 0.717) is 10.2 Å². The minimum Gasteiger partial charge on any atom is -0.287 e. The summed E-state index contributed by atoms with van der Waals surface area (Å²) in [4.78, 5) is 11.9. The summed E-state index contributed by atoms with van der Waals surface area (Å²) in [5, 5.41) is 7.25. The normalized spacial score (nSPS) is 10.4. The lowest BCUT2D eigenvalue weighted by molar-refractivity contribution is 0.103. The Bertz CT molecular complexity index is 532. The van der Waals surface area contributed by atoms with Gasteiger partial charge in [-0.1, -0.05) is 21.1 Å². The van der Waals surface area contributed by atoms with Gasteiger partial charge in [0, 0.05) is 17.1 Å². The van der Waals surface area contributed by atoms with Crippen molar-refractivity contribution in [2.75, 3.05) is 0 Å². The fraction of sp³-hybridized carbons (Fsp3) is 0.100. The molecular formula is C10H7BrFN3O. The fourth-order valence-corrected chi connectivity index (χ4v) is 1.79. The first-order chi connectivity index (χ1) is 7.58. The first kappa shape index (κ1) is 10.9. The molecule has 0 radical (unpaired) electrons. The molecule has 0 atom stereocenters. The lowest BCUT2D eigenvalue weighted by Crippen LogP contribution is -2.08. The van der Waals surface area contributed by atoms with Crippen molar-refractivity contribution in [3.8, 4) is 0 Å². The summed E-state index contributed by atoms with van der Waals surface area (Å²) in [6.45, 7) is 0. The molecule has 0 fully saturated rings. The van der Waals surface area contributed by atoms with E-state index in [9.17, 15) is 9.18 Å². The maximum atomic E-state index is 13.1. The van der Waals surface area contributed by atoms with Gasteiger partial charge in [0.1, 0.15) is 11.5 Å². The number of ketones is 1. The highest BCUT2D eigenvalue weighted by molar-refractivity contribution is 9.10. The van der Waals surface area contributed by atoms with Crippen molar-refractivity contribution in [3.63, 3.8) is 0 Å². The fourth-order valence-electron chi connectivity index (χ4n) is 1.33. The van der Waals surface area contributed by atoms with Crippen LogP contribution in [0.15, 0.2) is 28.9 Å². The molecule has 0 saturated carbocycles. The zero-order valence-electron chi connectivity index (χ0n) is 8.32. The Morgan fingerprint density at radius 1 is 1.44 bits per heavy atom. The number of hydrogen-bond acceptors (Lipinski definition) is 3. The van der Waals surface area contributed by atoms with Gasteiger partial charge in [-0.3, -0.25) is 4.79 Å². The zero-order chi connectivity index (χ0) is 11.7. The number of halogens is 2. The van der Waals surface area contributed by atoms with E-state index in [1.54, 1.807) is 13.1 Å². The summed E-state index contributed by atoms with van der Waals surface area (Å²) in [6, 6.07) is 4.02. The molecular weight excluding hydrogens is 277 g/mol. The second kappa shape index (κ2) is 4.13. The molecule has 0 aliphatic heterocycles. The third-order valence-electron chi connectivity index (χ3n) is 2.07. The molecule has 2 aromatic rings. The average Bonchev–Trinajstić information content (AvgIpc) is 2.62. The number of hydrogen-bond donors (Lipinski definition) is 0. The number of nitrogens with zero attached hydrogens (tertiary/aromatic N) is 3. The lowest BCUT2D eigenvalue weighted by atomic mass is 10.1. The SMILES string of the molecule is Cn1nncc1C(=O)c1cc(F)cc(Br)c1. The number of aryl methyl sites for hydroxylation is 1. The van der Waals surface area contributed by atoms with Crippen molar-refractivity contribution in [1.82, 2.24) is 15.0 Å². The van der Waals surface area contributed by atoms with E-state index in [0.717, 1.165) is 0 Å². The molecule has 0 aliphatic rings.